The molecule has 19 heavy (non-hydrogen) atoms. The van der Waals surface area contributed by atoms with E-state index in [2.05, 4.69) is 46.4 Å². The van der Waals surface area contributed by atoms with Gasteiger partial charge in [-0.15, -0.1) is 11.3 Å². The Balaban J connectivity index is 1.91. The average molecular weight is 268 g/mol. The van der Waals surface area contributed by atoms with Crippen molar-refractivity contribution < 1.29 is 0 Å². The smallest absolute Gasteiger partial charge is 0.184 e. The lowest BCUT2D eigenvalue weighted by molar-refractivity contribution is 0.757. The van der Waals surface area contributed by atoms with Crippen LogP contribution in [0.25, 0.3) is 22.1 Å². The first-order chi connectivity index (χ1) is 9.33. The first-order valence-corrected chi connectivity index (χ1v) is 7.09. The van der Waals surface area contributed by atoms with Gasteiger partial charge in [0.25, 0.3) is 0 Å². The van der Waals surface area contributed by atoms with Crippen molar-refractivity contribution in [3.05, 3.63) is 41.0 Å². The predicted octanol–water partition coefficient (Wildman–Crippen LogP) is 3.25. The molecule has 0 aliphatic heterocycles. The second-order valence-corrected chi connectivity index (χ2v) is 5.90. The van der Waals surface area contributed by atoms with E-state index < -0.39 is 0 Å². The number of aromatic amines is 1. The van der Waals surface area contributed by atoms with E-state index in [9.17, 15) is 0 Å². The molecule has 2 aromatic heterocycles. The minimum Gasteiger partial charge on any atom is -0.257 e. The van der Waals surface area contributed by atoms with Gasteiger partial charge in [-0.25, -0.2) is 9.97 Å². The van der Waals surface area contributed by atoms with Crippen LogP contribution < -0.4 is 0 Å². The molecule has 2 heterocycles. The molecular formula is C14H12N4S. The summed E-state index contributed by atoms with van der Waals surface area (Å²) in [6.07, 6.45) is 2.57. The molecule has 4 rings (SSSR count). The monoisotopic (exact) mass is 268 g/mol. The molecule has 3 aromatic rings. The van der Waals surface area contributed by atoms with Crippen molar-refractivity contribution in [3.63, 3.8) is 0 Å². The molecule has 1 aliphatic rings. The third kappa shape index (κ3) is 1.62. The quantitative estimate of drug-likeness (QED) is 0.737. The van der Waals surface area contributed by atoms with Gasteiger partial charge in [-0.05, 0) is 17.9 Å². The van der Waals surface area contributed by atoms with Gasteiger partial charge in [-0.1, -0.05) is 31.2 Å². The van der Waals surface area contributed by atoms with Crippen molar-refractivity contribution in [3.8, 4) is 22.1 Å². The van der Waals surface area contributed by atoms with Crippen molar-refractivity contribution in [2.45, 2.75) is 19.3 Å². The molecule has 0 saturated heterocycles. The number of H-pyrrole nitrogens is 1. The van der Waals surface area contributed by atoms with Crippen molar-refractivity contribution in [1.82, 2.24) is 20.2 Å². The summed E-state index contributed by atoms with van der Waals surface area (Å²) in [5.41, 5.74) is 3.77. The van der Waals surface area contributed by atoms with Crippen molar-refractivity contribution in [2.75, 3.05) is 0 Å². The summed E-state index contributed by atoms with van der Waals surface area (Å²) >= 11 is 1.72. The Bertz CT molecular complexity index is 730. The van der Waals surface area contributed by atoms with Gasteiger partial charge in [0.05, 0.1) is 5.69 Å². The van der Waals surface area contributed by atoms with Gasteiger partial charge in [-0.3, -0.25) is 5.10 Å². The maximum absolute atomic E-state index is 4.75. The van der Waals surface area contributed by atoms with E-state index in [1.54, 1.807) is 11.3 Å². The van der Waals surface area contributed by atoms with E-state index in [0.29, 0.717) is 5.92 Å². The van der Waals surface area contributed by atoms with E-state index in [1.165, 1.54) is 22.3 Å². The number of aromatic nitrogens is 4. The zero-order chi connectivity index (χ0) is 12.8. The zero-order valence-corrected chi connectivity index (χ0v) is 11.2. The number of rotatable bonds is 1. The highest BCUT2D eigenvalue weighted by Crippen LogP contribution is 2.42. The molecule has 0 radical (unpaired) electrons. The van der Waals surface area contributed by atoms with Crippen LogP contribution in [-0.2, 0) is 6.42 Å². The van der Waals surface area contributed by atoms with Crippen LogP contribution in [0.3, 0.4) is 0 Å². The largest absolute Gasteiger partial charge is 0.257 e. The molecule has 0 bridgehead atoms. The molecule has 1 aliphatic carbocycles. The fourth-order valence-electron chi connectivity index (χ4n) is 2.64. The van der Waals surface area contributed by atoms with Crippen LogP contribution in [0.5, 0.6) is 0 Å². The molecule has 1 aromatic carbocycles. The Morgan fingerprint density at radius 1 is 1.32 bits per heavy atom. The number of benzene rings is 1. The highest BCUT2D eigenvalue weighted by molar-refractivity contribution is 7.15. The molecule has 0 spiro atoms. The van der Waals surface area contributed by atoms with Gasteiger partial charge in [-0.2, -0.15) is 5.10 Å². The van der Waals surface area contributed by atoms with Gasteiger partial charge in [0.2, 0.25) is 0 Å². The minimum absolute atomic E-state index is 0.548. The lowest BCUT2D eigenvalue weighted by Gasteiger charge is -2.21. The maximum Gasteiger partial charge on any atom is 0.184 e. The number of nitrogens with zero attached hydrogens (tertiary/aromatic N) is 3. The van der Waals surface area contributed by atoms with Crippen LogP contribution in [0, 0.1) is 0 Å². The summed E-state index contributed by atoms with van der Waals surface area (Å²) in [6.45, 7) is 2.27. The Hall–Kier alpha value is -2.01. The van der Waals surface area contributed by atoms with Crippen LogP contribution in [0.2, 0.25) is 0 Å². The normalized spacial score (nSPS) is 17.0. The number of hydrogen-bond donors (Lipinski definition) is 1. The molecular weight excluding hydrogens is 256 g/mol. The van der Waals surface area contributed by atoms with Crippen LogP contribution in [0.1, 0.15) is 23.3 Å². The molecule has 5 heteroatoms. The van der Waals surface area contributed by atoms with Crippen molar-refractivity contribution in [2.24, 2.45) is 0 Å². The Morgan fingerprint density at radius 3 is 3.05 bits per heavy atom. The molecule has 0 saturated carbocycles. The SMILES string of the molecule is CC1Cc2sc(-c3ncn[nH]3)nc2-c2ccccc21. The second-order valence-electron chi connectivity index (χ2n) is 4.82. The Morgan fingerprint density at radius 2 is 2.21 bits per heavy atom. The van der Waals surface area contributed by atoms with Crippen molar-refractivity contribution >= 4 is 11.3 Å². The highest BCUT2D eigenvalue weighted by atomic mass is 32.1. The third-order valence-electron chi connectivity index (χ3n) is 3.55. The molecule has 1 N–H and O–H groups in total. The van der Waals surface area contributed by atoms with E-state index in [-0.39, 0.29) is 0 Å². The summed E-state index contributed by atoms with van der Waals surface area (Å²) in [7, 11) is 0. The second kappa shape index (κ2) is 3.99. The van der Waals surface area contributed by atoms with Crippen LogP contribution in [-0.4, -0.2) is 20.2 Å². The van der Waals surface area contributed by atoms with E-state index in [1.807, 2.05) is 0 Å². The third-order valence-corrected chi connectivity index (χ3v) is 4.64. The molecule has 0 fully saturated rings. The van der Waals surface area contributed by atoms with E-state index >= 15 is 0 Å². The van der Waals surface area contributed by atoms with Gasteiger partial charge < -0.3 is 0 Å². The summed E-state index contributed by atoms with van der Waals surface area (Å²) in [5.74, 6) is 1.30. The van der Waals surface area contributed by atoms with Crippen LogP contribution in [0.4, 0.5) is 0 Å². The lowest BCUT2D eigenvalue weighted by Crippen LogP contribution is -2.06. The molecule has 0 amide bonds. The highest BCUT2D eigenvalue weighted by Gasteiger charge is 2.25. The summed E-state index contributed by atoms with van der Waals surface area (Å²) in [6, 6.07) is 8.54. The summed E-state index contributed by atoms with van der Waals surface area (Å²) in [5, 5.41) is 7.70. The molecule has 1 unspecified atom stereocenters. The topological polar surface area (TPSA) is 54.5 Å². The average Bonchev–Trinajstić information content (AvgIpc) is 3.07. The predicted molar refractivity (Wildman–Crippen MR) is 75.0 cm³/mol. The van der Waals surface area contributed by atoms with E-state index in [4.69, 9.17) is 4.98 Å². The standard InChI is InChI=1S/C14H12N4S/c1-8-6-11-12(10-5-3-2-4-9(8)10)17-14(19-11)13-15-7-16-18-13/h2-5,7-8H,6H2,1H3,(H,15,16,18). The number of nitrogens with one attached hydrogen (secondary N) is 1. The zero-order valence-electron chi connectivity index (χ0n) is 10.4. The van der Waals surface area contributed by atoms with Gasteiger partial charge in [0.1, 0.15) is 6.33 Å². The van der Waals surface area contributed by atoms with Gasteiger partial charge in [0, 0.05) is 10.4 Å². The van der Waals surface area contributed by atoms with Crippen LogP contribution >= 0.6 is 11.3 Å². The number of thiazole rings is 1. The fraction of sp³-hybridized carbons (Fsp3) is 0.214. The maximum atomic E-state index is 4.75. The number of fused-ring (bicyclic) bond motifs is 3. The minimum atomic E-state index is 0.548. The summed E-state index contributed by atoms with van der Waals surface area (Å²) in [4.78, 5) is 10.3. The number of hydrogen-bond acceptors (Lipinski definition) is 4. The van der Waals surface area contributed by atoms with Crippen molar-refractivity contribution in [1.29, 1.82) is 0 Å². The van der Waals surface area contributed by atoms with Gasteiger partial charge in [0.15, 0.2) is 10.8 Å². The molecule has 4 nitrogen and oxygen atoms in total. The van der Waals surface area contributed by atoms with Gasteiger partial charge >= 0.3 is 0 Å². The molecule has 1 atom stereocenters. The first kappa shape index (κ1) is 10.9. The van der Waals surface area contributed by atoms with E-state index in [0.717, 1.165) is 22.9 Å². The Labute approximate surface area is 114 Å². The molecule has 94 valence electrons. The Kier molecular flexibility index (Phi) is 2.29. The summed E-state index contributed by atoms with van der Waals surface area (Å²) < 4.78 is 0. The first-order valence-electron chi connectivity index (χ1n) is 6.27. The fourth-order valence-corrected chi connectivity index (χ4v) is 3.79. The van der Waals surface area contributed by atoms with Crippen LogP contribution in [0.15, 0.2) is 30.6 Å². The lowest BCUT2D eigenvalue weighted by atomic mass is 9.86.